The van der Waals surface area contributed by atoms with E-state index < -0.39 is 29.5 Å². The van der Waals surface area contributed by atoms with E-state index in [1.807, 2.05) is 0 Å². The zero-order valence-corrected chi connectivity index (χ0v) is 6.97. The summed E-state index contributed by atoms with van der Waals surface area (Å²) in [6.07, 6.45) is -5.08. The van der Waals surface area contributed by atoms with Gasteiger partial charge in [0, 0.05) is 5.56 Å². The number of carbonyl (C=O) groups is 1. The van der Waals surface area contributed by atoms with Crippen LogP contribution in [0.15, 0.2) is 18.2 Å². The summed E-state index contributed by atoms with van der Waals surface area (Å²) in [5.41, 5.74) is -0.989. The van der Waals surface area contributed by atoms with Crippen LogP contribution in [0.5, 0.6) is 5.75 Å². The van der Waals surface area contributed by atoms with Crippen molar-refractivity contribution in [3.63, 3.8) is 0 Å². The lowest BCUT2D eigenvalue weighted by Crippen LogP contribution is -2.24. The number of rotatable bonds is 2. The van der Waals surface area contributed by atoms with E-state index in [1.54, 1.807) is 0 Å². The smallest absolute Gasteiger partial charge is 0.545 e. The number of benzene rings is 1. The summed E-state index contributed by atoms with van der Waals surface area (Å²) in [7, 11) is 0. The van der Waals surface area contributed by atoms with Gasteiger partial charge in [0.1, 0.15) is 0 Å². The van der Waals surface area contributed by atoms with Gasteiger partial charge in [-0.15, -0.1) is 13.2 Å². The second-order valence-electron chi connectivity index (χ2n) is 2.45. The number of carboxylic acids is 1. The first-order valence-electron chi connectivity index (χ1n) is 3.57. The van der Waals surface area contributed by atoms with Crippen molar-refractivity contribution in [2.75, 3.05) is 0 Å². The van der Waals surface area contributed by atoms with Gasteiger partial charge in [0.15, 0.2) is 11.6 Å². The Hall–Kier alpha value is -1.79. The van der Waals surface area contributed by atoms with Gasteiger partial charge in [0.25, 0.3) is 0 Å². The maximum absolute atomic E-state index is 13.0. The van der Waals surface area contributed by atoms with Crippen molar-refractivity contribution in [1.29, 1.82) is 0 Å². The molecule has 0 saturated heterocycles. The molecule has 7 heteroatoms. The number of aromatic carboxylic acids is 1. The molecule has 1 rings (SSSR count). The minimum atomic E-state index is -5.08. The molecule has 82 valence electrons. The average molecular weight is 223 g/mol. The Labute approximate surface area is 80.9 Å². The van der Waals surface area contributed by atoms with Crippen LogP contribution in [0.1, 0.15) is 10.4 Å². The van der Waals surface area contributed by atoms with E-state index in [4.69, 9.17) is 0 Å². The van der Waals surface area contributed by atoms with E-state index in [2.05, 4.69) is 4.74 Å². The van der Waals surface area contributed by atoms with Gasteiger partial charge in [-0.25, -0.2) is 4.39 Å². The van der Waals surface area contributed by atoms with Gasteiger partial charge in [-0.3, -0.25) is 0 Å². The minimum Gasteiger partial charge on any atom is -0.545 e. The molecule has 0 saturated carbocycles. The van der Waals surface area contributed by atoms with Gasteiger partial charge >= 0.3 is 6.36 Å². The molecular weight excluding hydrogens is 220 g/mol. The Bertz CT molecular complexity index is 386. The zero-order valence-electron chi connectivity index (χ0n) is 6.97. The number of hydrogen-bond donors (Lipinski definition) is 0. The first-order valence-corrected chi connectivity index (χ1v) is 3.57. The van der Waals surface area contributed by atoms with E-state index >= 15 is 0 Å². The van der Waals surface area contributed by atoms with E-state index in [1.165, 1.54) is 0 Å². The minimum absolute atomic E-state index is 0.662. The van der Waals surface area contributed by atoms with Crippen molar-refractivity contribution < 1.29 is 32.2 Å². The molecule has 0 aliphatic carbocycles. The highest BCUT2D eigenvalue weighted by Crippen LogP contribution is 2.26. The summed E-state index contributed by atoms with van der Waals surface area (Å²) >= 11 is 0. The lowest BCUT2D eigenvalue weighted by atomic mass is 10.2. The van der Waals surface area contributed by atoms with Crippen LogP contribution in [-0.4, -0.2) is 12.3 Å². The van der Waals surface area contributed by atoms with Crippen molar-refractivity contribution in [2.45, 2.75) is 6.36 Å². The van der Waals surface area contributed by atoms with E-state index in [-0.39, 0.29) is 0 Å². The summed E-state index contributed by atoms with van der Waals surface area (Å²) in [5.74, 6) is -4.74. The number of alkyl halides is 3. The second kappa shape index (κ2) is 3.76. The molecule has 0 aliphatic heterocycles. The maximum Gasteiger partial charge on any atom is 0.573 e. The van der Waals surface area contributed by atoms with Gasteiger partial charge in [-0.05, 0) is 12.1 Å². The quantitative estimate of drug-likeness (QED) is 0.705. The molecular formula is C8H3F4O3-. The zero-order chi connectivity index (χ0) is 11.6. The Balaban J connectivity index is 3.10. The molecule has 0 bridgehead atoms. The van der Waals surface area contributed by atoms with Crippen LogP contribution in [0.3, 0.4) is 0 Å². The highest BCUT2D eigenvalue weighted by atomic mass is 19.4. The number of carbonyl (C=O) groups excluding carboxylic acids is 1. The summed E-state index contributed by atoms with van der Waals surface area (Å²) in [4.78, 5) is 10.3. The van der Waals surface area contributed by atoms with E-state index in [9.17, 15) is 27.5 Å². The third-order valence-corrected chi connectivity index (χ3v) is 1.41. The van der Waals surface area contributed by atoms with Gasteiger partial charge in [-0.1, -0.05) is 6.07 Å². The van der Waals surface area contributed by atoms with Gasteiger partial charge in [-0.2, -0.15) is 0 Å². The van der Waals surface area contributed by atoms with Crippen molar-refractivity contribution in [3.8, 4) is 5.75 Å². The molecule has 0 amide bonds. The topological polar surface area (TPSA) is 49.4 Å². The molecule has 0 aromatic heterocycles. The lowest BCUT2D eigenvalue weighted by Gasteiger charge is -2.11. The predicted molar refractivity (Wildman–Crippen MR) is 37.4 cm³/mol. The Morgan fingerprint density at radius 2 is 1.93 bits per heavy atom. The Morgan fingerprint density at radius 3 is 2.40 bits per heavy atom. The molecule has 0 unspecified atom stereocenters. The third kappa shape index (κ3) is 2.83. The van der Waals surface area contributed by atoms with Gasteiger partial charge < -0.3 is 14.6 Å². The molecule has 15 heavy (non-hydrogen) atoms. The summed E-state index contributed by atoms with van der Waals surface area (Å²) in [5, 5.41) is 10.3. The van der Waals surface area contributed by atoms with Crippen LogP contribution in [0.25, 0.3) is 0 Å². The molecule has 3 nitrogen and oxygen atoms in total. The molecule has 0 spiro atoms. The molecule has 0 aliphatic rings. The van der Waals surface area contributed by atoms with Crippen LogP contribution in [0, 0.1) is 5.82 Å². The fraction of sp³-hybridized carbons (Fsp3) is 0.125. The normalized spacial score (nSPS) is 11.2. The van der Waals surface area contributed by atoms with Crippen LogP contribution in [0.4, 0.5) is 17.6 Å². The highest BCUT2D eigenvalue weighted by Gasteiger charge is 2.32. The van der Waals surface area contributed by atoms with Crippen molar-refractivity contribution >= 4 is 5.97 Å². The molecule has 0 atom stereocenters. The first-order chi connectivity index (χ1) is 6.81. The maximum atomic E-state index is 13.0. The number of ether oxygens (including phenoxy) is 1. The average Bonchev–Trinajstić information content (AvgIpc) is 2.05. The monoisotopic (exact) mass is 223 g/mol. The Morgan fingerprint density at radius 1 is 1.33 bits per heavy atom. The van der Waals surface area contributed by atoms with E-state index in [0.29, 0.717) is 6.07 Å². The van der Waals surface area contributed by atoms with Crippen LogP contribution in [0.2, 0.25) is 0 Å². The van der Waals surface area contributed by atoms with Crippen molar-refractivity contribution in [1.82, 2.24) is 0 Å². The third-order valence-electron chi connectivity index (χ3n) is 1.41. The Kier molecular flexibility index (Phi) is 2.83. The fourth-order valence-electron chi connectivity index (χ4n) is 0.872. The SMILES string of the molecule is O=C([O-])c1cccc(OC(F)(F)F)c1F. The molecule has 1 aromatic carbocycles. The summed E-state index contributed by atoms with van der Waals surface area (Å²) < 4.78 is 51.4. The molecule has 0 fully saturated rings. The van der Waals surface area contributed by atoms with Crippen LogP contribution < -0.4 is 9.84 Å². The number of hydrogen-bond acceptors (Lipinski definition) is 3. The largest absolute Gasteiger partial charge is 0.573 e. The van der Waals surface area contributed by atoms with Gasteiger partial charge in [0.2, 0.25) is 0 Å². The number of carboxylic acid groups (broad SMARTS) is 1. The first kappa shape index (κ1) is 11.3. The van der Waals surface area contributed by atoms with Crippen LogP contribution in [-0.2, 0) is 0 Å². The standard InChI is InChI=1S/C8H4F4O3/c9-6-4(7(13)14)2-1-3-5(6)15-8(10,11)12/h1-3H,(H,13,14)/p-1. The number of halogens is 4. The predicted octanol–water partition coefficient (Wildman–Crippen LogP) is 1.09. The molecule has 1 aromatic rings. The van der Waals surface area contributed by atoms with Gasteiger partial charge in [0.05, 0.1) is 5.97 Å². The highest BCUT2D eigenvalue weighted by molar-refractivity contribution is 5.86. The second-order valence-corrected chi connectivity index (χ2v) is 2.45. The summed E-state index contributed by atoms with van der Waals surface area (Å²) in [6, 6.07) is 2.35. The van der Waals surface area contributed by atoms with Crippen LogP contribution >= 0.6 is 0 Å². The van der Waals surface area contributed by atoms with Crippen molar-refractivity contribution in [3.05, 3.63) is 29.6 Å². The molecule has 0 radical (unpaired) electrons. The summed E-state index contributed by atoms with van der Waals surface area (Å²) in [6.45, 7) is 0. The fourth-order valence-corrected chi connectivity index (χ4v) is 0.872. The molecule has 0 N–H and O–H groups in total. The van der Waals surface area contributed by atoms with E-state index in [0.717, 1.165) is 12.1 Å². The lowest BCUT2D eigenvalue weighted by molar-refractivity contribution is -0.276. The van der Waals surface area contributed by atoms with Crippen molar-refractivity contribution in [2.24, 2.45) is 0 Å². The molecule has 0 heterocycles.